The first-order valence-corrected chi connectivity index (χ1v) is 15.4. The number of ether oxygens (including phenoxy) is 1. The Labute approximate surface area is 219 Å². The molecule has 0 aromatic heterocycles. The van der Waals surface area contributed by atoms with Gasteiger partial charge in [-0.15, -0.1) is 0 Å². The number of hydrogen-bond acceptors (Lipinski definition) is 2. The summed E-state index contributed by atoms with van der Waals surface area (Å²) in [6.07, 6.45) is 20.8. The molecule has 0 aromatic carbocycles. The molecule has 0 aromatic rings. The first-order valence-electron chi connectivity index (χ1n) is 15.4. The lowest BCUT2D eigenvalue weighted by Gasteiger charge is -2.33. The number of halogens is 2. The van der Waals surface area contributed by atoms with E-state index in [-0.39, 0.29) is 30.6 Å². The molecule has 4 heteroatoms. The summed E-state index contributed by atoms with van der Waals surface area (Å²) in [7, 11) is 0. The molecule has 212 valence electrons. The van der Waals surface area contributed by atoms with Crippen LogP contribution in [0, 0.1) is 0 Å². The van der Waals surface area contributed by atoms with Crippen molar-refractivity contribution in [2.45, 2.75) is 187 Å². The van der Waals surface area contributed by atoms with E-state index in [4.69, 9.17) is 4.74 Å². The van der Waals surface area contributed by atoms with E-state index < -0.39 is 5.92 Å². The van der Waals surface area contributed by atoms with Crippen molar-refractivity contribution in [2.75, 3.05) is 13.2 Å². The Balaban J connectivity index is 4.53. The lowest BCUT2D eigenvalue weighted by atomic mass is 9.88. The lowest BCUT2D eigenvalue weighted by Crippen LogP contribution is -2.44. The Morgan fingerprint density at radius 2 is 1.00 bits per heavy atom. The van der Waals surface area contributed by atoms with Gasteiger partial charge >= 0.3 is 0 Å². The van der Waals surface area contributed by atoms with Crippen LogP contribution in [-0.4, -0.2) is 30.2 Å². The van der Waals surface area contributed by atoms with Crippen LogP contribution in [0.2, 0.25) is 0 Å². The second-order valence-electron chi connectivity index (χ2n) is 11.7. The van der Waals surface area contributed by atoms with Crippen molar-refractivity contribution in [3.8, 4) is 0 Å². The Hall–Kier alpha value is -0.220. The Bertz CT molecular complexity index is 433. The highest BCUT2D eigenvalue weighted by Gasteiger charge is 2.32. The minimum Gasteiger partial charge on any atom is -0.375 e. The smallest absolute Gasteiger partial charge is 0.251 e. The third kappa shape index (κ3) is 19.5. The maximum absolute atomic E-state index is 14.7. The first kappa shape index (κ1) is 34.8. The second kappa shape index (κ2) is 20.8. The molecule has 0 bridgehead atoms. The Kier molecular flexibility index (Phi) is 20.7. The van der Waals surface area contributed by atoms with E-state index in [0.29, 0.717) is 6.54 Å². The molecule has 0 radical (unpaired) electrons. The predicted molar refractivity (Wildman–Crippen MR) is 151 cm³/mol. The highest BCUT2D eigenvalue weighted by Crippen LogP contribution is 2.30. The molecule has 2 unspecified atom stereocenters. The summed E-state index contributed by atoms with van der Waals surface area (Å²) in [6, 6.07) is 0. The van der Waals surface area contributed by atoms with Gasteiger partial charge in [0.15, 0.2) is 0 Å². The van der Waals surface area contributed by atoms with Crippen LogP contribution in [0.5, 0.6) is 0 Å². The van der Waals surface area contributed by atoms with Gasteiger partial charge in [0, 0.05) is 24.9 Å². The number of nitrogens with one attached hydrogen (secondary N) is 1. The summed E-state index contributed by atoms with van der Waals surface area (Å²) in [5.41, 5.74) is -0.279. The summed E-state index contributed by atoms with van der Waals surface area (Å²) in [5, 5.41) is 3.54. The quantitative estimate of drug-likeness (QED) is 0.118. The number of hydrogen-bond donors (Lipinski definition) is 1. The van der Waals surface area contributed by atoms with Crippen molar-refractivity contribution in [1.82, 2.24) is 5.32 Å². The zero-order chi connectivity index (χ0) is 26.5. The van der Waals surface area contributed by atoms with Crippen LogP contribution >= 0.6 is 0 Å². The molecule has 0 aliphatic carbocycles. The number of rotatable bonds is 26. The van der Waals surface area contributed by atoms with Gasteiger partial charge in [-0.05, 0) is 39.5 Å². The van der Waals surface area contributed by atoms with Crippen LogP contribution in [0.3, 0.4) is 0 Å². The maximum atomic E-state index is 14.7. The highest BCUT2D eigenvalue weighted by atomic mass is 19.3. The van der Waals surface area contributed by atoms with E-state index in [1.165, 1.54) is 57.8 Å². The molecular formula is C31H63F2NO. The van der Waals surface area contributed by atoms with Crippen LogP contribution < -0.4 is 5.32 Å². The van der Waals surface area contributed by atoms with Gasteiger partial charge in [-0.1, -0.05) is 118 Å². The van der Waals surface area contributed by atoms with Crippen LogP contribution in [0.25, 0.3) is 0 Å². The van der Waals surface area contributed by atoms with Gasteiger partial charge in [-0.2, -0.15) is 0 Å². The third-order valence-electron chi connectivity index (χ3n) is 7.74. The maximum Gasteiger partial charge on any atom is 0.251 e. The lowest BCUT2D eigenvalue weighted by molar-refractivity contribution is -0.0896. The minimum absolute atomic E-state index is 0.0225. The van der Waals surface area contributed by atoms with Crippen LogP contribution in [-0.2, 0) is 4.74 Å². The van der Waals surface area contributed by atoms with E-state index >= 15 is 0 Å². The van der Waals surface area contributed by atoms with Crippen molar-refractivity contribution in [2.24, 2.45) is 0 Å². The molecule has 0 spiro atoms. The molecule has 0 fully saturated rings. The molecule has 2 nitrogen and oxygen atoms in total. The van der Waals surface area contributed by atoms with Crippen LogP contribution in [0.1, 0.15) is 170 Å². The van der Waals surface area contributed by atoms with Gasteiger partial charge in [-0.3, -0.25) is 0 Å². The van der Waals surface area contributed by atoms with Gasteiger partial charge < -0.3 is 10.1 Å². The monoisotopic (exact) mass is 503 g/mol. The van der Waals surface area contributed by atoms with Gasteiger partial charge in [0.2, 0.25) is 0 Å². The molecule has 0 saturated heterocycles. The summed E-state index contributed by atoms with van der Waals surface area (Å²) in [5.74, 6) is -2.67. The fourth-order valence-electron chi connectivity index (χ4n) is 5.03. The normalized spacial score (nSPS) is 15.8. The summed E-state index contributed by atoms with van der Waals surface area (Å²) < 4.78 is 35.6. The van der Waals surface area contributed by atoms with Gasteiger partial charge in [-0.25, -0.2) is 8.78 Å². The molecule has 0 heterocycles. The average molecular weight is 504 g/mol. The summed E-state index contributed by atoms with van der Waals surface area (Å²) >= 11 is 0. The second-order valence-corrected chi connectivity index (χ2v) is 11.7. The fraction of sp³-hybridized carbons (Fsp3) is 1.00. The molecule has 0 saturated carbocycles. The van der Waals surface area contributed by atoms with Crippen molar-refractivity contribution in [3.05, 3.63) is 0 Å². The highest BCUT2D eigenvalue weighted by molar-refractivity contribution is 4.84. The van der Waals surface area contributed by atoms with Crippen molar-refractivity contribution < 1.29 is 13.5 Å². The largest absolute Gasteiger partial charge is 0.375 e. The average Bonchev–Trinajstić information content (AvgIpc) is 2.81. The van der Waals surface area contributed by atoms with Crippen molar-refractivity contribution in [3.63, 3.8) is 0 Å². The SMILES string of the molecule is CCCCCCCC(C)(CCCC)NCCC(F)(F)CCOC(C)(CCCC)CCCCCCC. The Morgan fingerprint density at radius 1 is 0.543 bits per heavy atom. The first-order chi connectivity index (χ1) is 16.7. The third-order valence-corrected chi connectivity index (χ3v) is 7.74. The molecule has 0 aliphatic rings. The van der Waals surface area contributed by atoms with E-state index in [0.717, 1.165) is 57.8 Å². The van der Waals surface area contributed by atoms with Crippen molar-refractivity contribution >= 4 is 0 Å². The van der Waals surface area contributed by atoms with Gasteiger partial charge in [0.25, 0.3) is 5.92 Å². The molecule has 35 heavy (non-hydrogen) atoms. The van der Waals surface area contributed by atoms with Crippen molar-refractivity contribution in [1.29, 1.82) is 0 Å². The van der Waals surface area contributed by atoms with Gasteiger partial charge in [0.05, 0.1) is 12.2 Å². The van der Waals surface area contributed by atoms with E-state index in [1.807, 2.05) is 0 Å². The fourth-order valence-corrected chi connectivity index (χ4v) is 5.03. The summed E-state index contributed by atoms with van der Waals surface area (Å²) in [4.78, 5) is 0. The number of alkyl halides is 2. The topological polar surface area (TPSA) is 21.3 Å². The number of unbranched alkanes of at least 4 members (excludes halogenated alkanes) is 10. The predicted octanol–water partition coefficient (Wildman–Crippen LogP) is 10.6. The Morgan fingerprint density at radius 3 is 1.57 bits per heavy atom. The standard InChI is InChI=1S/C31H63F2NO/c1-7-11-15-17-19-22-29(5,21-13-9-3)34-27-25-31(32,33)26-28-35-30(6,23-14-10-4)24-20-18-16-12-8-2/h34H,7-28H2,1-6H3. The van der Waals surface area contributed by atoms with E-state index in [2.05, 4.69) is 46.9 Å². The molecule has 2 atom stereocenters. The van der Waals surface area contributed by atoms with Crippen LogP contribution in [0.15, 0.2) is 0 Å². The molecular weight excluding hydrogens is 440 g/mol. The zero-order valence-electron chi connectivity index (χ0n) is 24.7. The van der Waals surface area contributed by atoms with E-state index in [1.54, 1.807) is 0 Å². The van der Waals surface area contributed by atoms with Crippen LogP contribution in [0.4, 0.5) is 8.78 Å². The molecule has 0 rings (SSSR count). The van der Waals surface area contributed by atoms with E-state index in [9.17, 15) is 8.78 Å². The minimum atomic E-state index is -2.67. The molecule has 0 aliphatic heterocycles. The molecule has 0 amide bonds. The molecule has 1 N–H and O–H groups in total. The van der Waals surface area contributed by atoms with Gasteiger partial charge in [0.1, 0.15) is 0 Å². The summed E-state index contributed by atoms with van der Waals surface area (Å²) in [6.45, 7) is 13.8. The zero-order valence-corrected chi connectivity index (χ0v) is 24.7.